The van der Waals surface area contributed by atoms with Gasteiger partial charge in [0.1, 0.15) is 5.82 Å². The first kappa shape index (κ1) is 21.8. The Morgan fingerprint density at radius 2 is 1.70 bits per heavy atom. The Labute approximate surface area is 198 Å². The van der Waals surface area contributed by atoms with Gasteiger partial charge in [-0.05, 0) is 66.9 Å². The number of hydrogen-bond donors (Lipinski definition) is 1. The second-order valence-corrected chi connectivity index (χ2v) is 9.07. The number of nitrogens with one attached hydrogen (secondary N) is 1. The zero-order valence-corrected chi connectivity index (χ0v) is 19.0. The van der Waals surface area contributed by atoms with Crippen LogP contribution in [0.1, 0.15) is 35.2 Å². The van der Waals surface area contributed by atoms with Gasteiger partial charge in [0.05, 0.1) is 0 Å². The Morgan fingerprint density at radius 3 is 2.45 bits per heavy atom. The Morgan fingerprint density at radius 1 is 0.939 bits per heavy atom. The van der Waals surface area contributed by atoms with E-state index in [0.717, 1.165) is 55.3 Å². The highest BCUT2D eigenvalue weighted by Crippen LogP contribution is 2.39. The topological polar surface area (TPSA) is 44.8 Å². The van der Waals surface area contributed by atoms with Crippen LogP contribution >= 0.6 is 11.6 Å². The summed E-state index contributed by atoms with van der Waals surface area (Å²) in [5.41, 5.74) is 3.43. The predicted octanol–water partition coefficient (Wildman–Crippen LogP) is 6.08. The average Bonchev–Trinajstić information content (AvgIpc) is 3.34. The molecule has 1 aliphatic rings. The van der Waals surface area contributed by atoms with Crippen LogP contribution in [0.3, 0.4) is 0 Å². The van der Waals surface area contributed by atoms with Crippen LogP contribution in [-0.4, -0.2) is 39.7 Å². The summed E-state index contributed by atoms with van der Waals surface area (Å²) < 4.78 is 13.6. The van der Waals surface area contributed by atoms with Crippen LogP contribution in [0.25, 0.3) is 11.4 Å². The molecule has 0 spiro atoms. The number of benzene rings is 3. The van der Waals surface area contributed by atoms with Crippen LogP contribution in [0.5, 0.6) is 0 Å². The first-order chi connectivity index (χ1) is 16.2. The molecule has 4 nitrogen and oxygen atoms in total. The molecule has 1 N–H and O–H groups in total. The highest BCUT2D eigenvalue weighted by atomic mass is 35.5. The van der Waals surface area contributed by atoms with Gasteiger partial charge >= 0.3 is 0 Å². The van der Waals surface area contributed by atoms with Crippen molar-refractivity contribution in [3.05, 3.63) is 107 Å². The molecule has 0 saturated carbocycles. The summed E-state index contributed by atoms with van der Waals surface area (Å²) >= 11 is 6.02. The van der Waals surface area contributed by atoms with Crippen molar-refractivity contribution in [3.8, 4) is 11.4 Å². The third-order valence-corrected chi connectivity index (χ3v) is 6.76. The number of piperidine rings is 1. The molecule has 0 bridgehead atoms. The molecule has 4 aromatic rings. The summed E-state index contributed by atoms with van der Waals surface area (Å²) in [6.45, 7) is 2.88. The maximum absolute atomic E-state index is 13.6. The van der Waals surface area contributed by atoms with Gasteiger partial charge < -0.3 is 4.90 Å². The first-order valence-electron chi connectivity index (χ1n) is 11.4. The number of aromatic nitrogens is 3. The lowest BCUT2D eigenvalue weighted by Gasteiger charge is -2.38. The monoisotopic (exact) mass is 460 g/mol. The molecule has 0 unspecified atom stereocenters. The van der Waals surface area contributed by atoms with Gasteiger partial charge in [-0.1, -0.05) is 54.1 Å². The summed E-state index contributed by atoms with van der Waals surface area (Å²) in [6, 6.07) is 25.1. The molecule has 0 radical (unpaired) electrons. The highest BCUT2D eigenvalue weighted by molar-refractivity contribution is 6.30. The van der Waals surface area contributed by atoms with Gasteiger partial charge in [-0.3, -0.25) is 5.10 Å². The van der Waals surface area contributed by atoms with E-state index in [1.54, 1.807) is 12.1 Å². The quantitative estimate of drug-likeness (QED) is 0.379. The van der Waals surface area contributed by atoms with Crippen molar-refractivity contribution in [2.24, 2.45) is 0 Å². The zero-order valence-electron chi connectivity index (χ0n) is 18.3. The van der Waals surface area contributed by atoms with E-state index in [0.29, 0.717) is 5.02 Å². The SMILES string of the molecule is Fc1ccc([C@@H]2CN(CCc3ccccc3)CC[C@H]2c2n[nH]c(-c3ccc(Cl)cc3)n2)cc1. The van der Waals surface area contributed by atoms with Crippen LogP contribution in [0, 0.1) is 5.82 Å². The lowest BCUT2D eigenvalue weighted by Crippen LogP contribution is -2.39. The van der Waals surface area contributed by atoms with Gasteiger partial charge in [-0.2, -0.15) is 5.10 Å². The Balaban J connectivity index is 1.37. The van der Waals surface area contributed by atoms with Crippen LogP contribution in [0.4, 0.5) is 4.39 Å². The molecule has 0 aliphatic carbocycles. The van der Waals surface area contributed by atoms with Crippen molar-refractivity contribution < 1.29 is 4.39 Å². The minimum atomic E-state index is -0.213. The number of aromatic amines is 1. The molecule has 0 amide bonds. The highest BCUT2D eigenvalue weighted by Gasteiger charge is 2.34. The van der Waals surface area contributed by atoms with Crippen LogP contribution in [0.2, 0.25) is 5.02 Å². The fraction of sp³-hybridized carbons (Fsp3) is 0.259. The van der Waals surface area contributed by atoms with E-state index in [-0.39, 0.29) is 17.7 Å². The van der Waals surface area contributed by atoms with Gasteiger partial charge in [0.15, 0.2) is 11.6 Å². The fourth-order valence-corrected chi connectivity index (χ4v) is 4.81. The summed E-state index contributed by atoms with van der Waals surface area (Å²) in [7, 11) is 0. The first-order valence-corrected chi connectivity index (χ1v) is 11.7. The number of halogens is 2. The lowest BCUT2D eigenvalue weighted by atomic mass is 9.80. The van der Waals surface area contributed by atoms with E-state index in [4.69, 9.17) is 16.6 Å². The fourth-order valence-electron chi connectivity index (χ4n) is 4.69. The van der Waals surface area contributed by atoms with Gasteiger partial charge in [0.25, 0.3) is 0 Å². The number of hydrogen-bond acceptors (Lipinski definition) is 3. The smallest absolute Gasteiger partial charge is 0.155 e. The molecule has 1 fully saturated rings. The number of rotatable bonds is 6. The zero-order chi connectivity index (χ0) is 22.6. The summed E-state index contributed by atoms with van der Waals surface area (Å²) in [5, 5.41) is 8.38. The molecule has 1 aliphatic heterocycles. The van der Waals surface area contributed by atoms with E-state index in [9.17, 15) is 4.39 Å². The third-order valence-electron chi connectivity index (χ3n) is 6.51. The van der Waals surface area contributed by atoms with Crippen molar-refractivity contribution in [1.82, 2.24) is 20.1 Å². The van der Waals surface area contributed by atoms with Crippen molar-refractivity contribution in [3.63, 3.8) is 0 Å². The predicted molar refractivity (Wildman–Crippen MR) is 130 cm³/mol. The van der Waals surface area contributed by atoms with Gasteiger partial charge in [-0.15, -0.1) is 0 Å². The molecule has 2 heterocycles. The molecule has 2 atom stereocenters. The minimum absolute atomic E-state index is 0.167. The molecule has 1 aromatic heterocycles. The van der Waals surface area contributed by atoms with Crippen LogP contribution in [0.15, 0.2) is 78.9 Å². The molecule has 6 heteroatoms. The third kappa shape index (κ3) is 5.15. The molecule has 5 rings (SSSR count). The molecule has 1 saturated heterocycles. The summed E-state index contributed by atoms with van der Waals surface area (Å²) in [5.74, 6) is 1.71. The van der Waals surface area contributed by atoms with E-state index in [1.807, 2.05) is 36.4 Å². The molecule has 33 heavy (non-hydrogen) atoms. The van der Waals surface area contributed by atoms with Crippen LogP contribution in [-0.2, 0) is 6.42 Å². The van der Waals surface area contributed by atoms with Crippen molar-refractivity contribution in [1.29, 1.82) is 0 Å². The van der Waals surface area contributed by atoms with Gasteiger partial charge in [0, 0.05) is 35.5 Å². The molecule has 168 valence electrons. The van der Waals surface area contributed by atoms with Crippen LogP contribution < -0.4 is 0 Å². The molecular weight excluding hydrogens is 435 g/mol. The second-order valence-electron chi connectivity index (χ2n) is 8.64. The standard InChI is InChI=1S/C27H26ClFN4/c28-22-10-6-21(7-11-22)26-30-27(32-31-26)24-15-17-33(16-14-19-4-2-1-3-5-19)18-25(24)20-8-12-23(29)13-9-20/h1-13,24-25H,14-18H2,(H,30,31,32)/t24-,25+/m1/s1. The van der Waals surface area contributed by atoms with E-state index in [2.05, 4.69) is 45.4 Å². The largest absolute Gasteiger partial charge is 0.302 e. The number of nitrogens with zero attached hydrogens (tertiary/aromatic N) is 3. The second kappa shape index (κ2) is 9.86. The summed E-state index contributed by atoms with van der Waals surface area (Å²) in [4.78, 5) is 7.35. The van der Waals surface area contributed by atoms with Gasteiger partial charge in [-0.25, -0.2) is 9.37 Å². The van der Waals surface area contributed by atoms with Crippen molar-refractivity contribution in [2.75, 3.05) is 19.6 Å². The van der Waals surface area contributed by atoms with E-state index in [1.165, 1.54) is 5.56 Å². The molecule has 3 aromatic carbocycles. The molecular formula is C27H26ClFN4. The van der Waals surface area contributed by atoms with Crippen molar-refractivity contribution >= 4 is 11.6 Å². The Hall–Kier alpha value is -3.02. The number of H-pyrrole nitrogens is 1. The maximum atomic E-state index is 13.6. The number of likely N-dealkylation sites (tertiary alicyclic amines) is 1. The Bertz CT molecular complexity index is 1170. The average molecular weight is 461 g/mol. The van der Waals surface area contributed by atoms with E-state index < -0.39 is 0 Å². The Kier molecular flexibility index (Phi) is 6.51. The van der Waals surface area contributed by atoms with Crippen molar-refractivity contribution in [2.45, 2.75) is 24.7 Å². The lowest BCUT2D eigenvalue weighted by molar-refractivity contribution is 0.188. The minimum Gasteiger partial charge on any atom is -0.302 e. The summed E-state index contributed by atoms with van der Waals surface area (Å²) in [6.07, 6.45) is 1.97. The van der Waals surface area contributed by atoms with Gasteiger partial charge in [0.2, 0.25) is 0 Å². The van der Waals surface area contributed by atoms with E-state index >= 15 is 0 Å². The normalized spacial score (nSPS) is 19.0. The maximum Gasteiger partial charge on any atom is 0.155 e.